The van der Waals surface area contributed by atoms with Gasteiger partial charge in [-0.15, -0.1) is 0 Å². The van der Waals surface area contributed by atoms with Gasteiger partial charge in [-0.05, 0) is 57.8 Å². The van der Waals surface area contributed by atoms with E-state index in [1.165, 1.54) is 6.92 Å². The summed E-state index contributed by atoms with van der Waals surface area (Å²) >= 11 is 0. The van der Waals surface area contributed by atoms with Gasteiger partial charge in [0.1, 0.15) is 0 Å². The minimum absolute atomic E-state index is 0.00639. The van der Waals surface area contributed by atoms with Crippen LogP contribution in [-0.2, 0) is 123 Å². The van der Waals surface area contributed by atoms with E-state index in [9.17, 15) is 56.4 Å². The minimum atomic E-state index is -3.92. The van der Waals surface area contributed by atoms with E-state index in [-0.39, 0.29) is 124 Å². The molecule has 85 heavy (non-hydrogen) atoms. The van der Waals surface area contributed by atoms with E-state index in [0.717, 1.165) is 12.8 Å². The van der Waals surface area contributed by atoms with Crippen molar-refractivity contribution in [3.8, 4) is 0 Å². The second kappa shape index (κ2) is 86.7. The van der Waals surface area contributed by atoms with Gasteiger partial charge in [0.05, 0.1) is 6.42 Å². The molecule has 0 aromatic carbocycles. The highest BCUT2D eigenvalue weighted by atomic mass is 31.2. The fourth-order valence-corrected chi connectivity index (χ4v) is 8.54. The van der Waals surface area contributed by atoms with Crippen LogP contribution in [0.1, 0.15) is 124 Å². The smallest absolute Gasteiger partial charge is 0.373 e. The quantitative estimate of drug-likeness (QED) is 0.0399. The molecule has 0 aliphatic heterocycles. The van der Waals surface area contributed by atoms with Crippen LogP contribution < -0.4 is 0 Å². The Labute approximate surface area is 483 Å². The molecule has 0 heterocycles. The molecule has 0 spiro atoms. The van der Waals surface area contributed by atoms with Crippen LogP contribution in [0.25, 0.3) is 0 Å². The number of hydrogen-bond acceptors (Lipinski definition) is 26. The first-order chi connectivity index (χ1) is 38.7. The molecule has 0 saturated heterocycles. The van der Waals surface area contributed by atoms with Gasteiger partial charge in [-0.3, -0.25) is 46.6 Å². The monoisotopic (exact) mass is 1370 g/mol. The van der Waals surface area contributed by atoms with Gasteiger partial charge in [-0.1, -0.05) is 40.5 Å². The second-order valence-electron chi connectivity index (χ2n) is 13.8. The summed E-state index contributed by atoms with van der Waals surface area (Å²) in [6, 6.07) is 0. The molecule has 0 aliphatic carbocycles. The molecule has 0 rings (SSSR count). The molecule has 0 bridgehead atoms. The molecule has 46 heteroatoms. The molecule has 0 aliphatic rings. The Morgan fingerprint density at radius 1 is 0.259 bits per heavy atom. The van der Waals surface area contributed by atoms with Crippen LogP contribution in [0.5, 0.6) is 0 Å². The fourth-order valence-electron chi connectivity index (χ4n) is 3.57. The van der Waals surface area contributed by atoms with E-state index in [4.69, 9.17) is 136 Å². The van der Waals surface area contributed by atoms with Crippen molar-refractivity contribution in [3.63, 3.8) is 0 Å². The second-order valence-corrected chi connectivity index (χ2v) is 26.3. The molecule has 0 aromatic rings. The molecule has 0 aromatic heterocycles. The van der Waals surface area contributed by atoms with Gasteiger partial charge in [0.15, 0.2) is 0 Å². The fraction of sp³-hybridized carbons (Fsp3) is 0.692. The summed E-state index contributed by atoms with van der Waals surface area (Å²) in [6.45, 7) is 7.04. The summed E-state index contributed by atoms with van der Waals surface area (Å²) < 4.78 is 62.6. The van der Waals surface area contributed by atoms with Crippen molar-refractivity contribution in [2.24, 2.45) is 0 Å². The number of hydrogen-bond donors (Lipinski definition) is 14. The summed E-state index contributed by atoms with van der Waals surface area (Å²) in [7, 11) is -21.3. The Hall–Kier alpha value is -6.10. The first-order valence-corrected chi connectivity index (χ1v) is 33.6. The number of carboxylic acids is 4. The van der Waals surface area contributed by atoms with Crippen LogP contribution in [0, 0.1) is 0 Å². The number of rotatable bonds is 27. The lowest BCUT2D eigenvalue weighted by molar-refractivity contribution is -0.193. The van der Waals surface area contributed by atoms with Crippen LogP contribution in [0.3, 0.4) is 0 Å². The average Bonchev–Trinajstić information content (AvgIpc) is 3.32. The maximum Gasteiger partial charge on any atom is 0.373 e. The van der Waals surface area contributed by atoms with Crippen LogP contribution in [-0.4, -0.2) is 192 Å². The zero-order valence-electron chi connectivity index (χ0n) is 45.8. The highest BCUT2D eigenvalue weighted by Gasteiger charge is 2.19. The van der Waals surface area contributed by atoms with Crippen LogP contribution in [0.2, 0.25) is 0 Å². The molecular weight excluding hydrogens is 1290 g/mol. The van der Waals surface area contributed by atoms with Crippen molar-refractivity contribution in [1.29, 1.82) is 0 Å². The Kier molecular flexibility index (Phi) is 116. The highest BCUT2D eigenvalue weighted by molar-refractivity contribution is 7.58. The van der Waals surface area contributed by atoms with Gasteiger partial charge in [0.25, 0.3) is 0 Å². The Morgan fingerprint density at radius 2 is 0.447 bits per heavy atom. The lowest BCUT2D eigenvalue weighted by Crippen LogP contribution is -2.03. The SMILES string of the molecule is CCCCCP(=O)(O)O.CCCP(=O)(O)CCCCC(=O)O.CCCP(=O)(O)O.CCP(=O)(O)O.O=C(O)CCCCP(=O)(O)CCC(=O)O.O=C(O)CCCCP(=O)(O)O.O=C=O.O=C=O.O=C=O.O=C=O.O=C=O.O=C=O.O=C=O.O=C=O. The number of unbranched alkanes of at least 4 members (excludes halogenated alkanes) is 5. The maximum atomic E-state index is 11.3. The topological polar surface area (TPSA) is 727 Å². The summed E-state index contributed by atoms with van der Waals surface area (Å²) in [5.74, 6) is -3.82. The molecule has 498 valence electrons. The van der Waals surface area contributed by atoms with Gasteiger partial charge in [-0.2, -0.15) is 76.7 Å². The number of carbonyl (C=O) groups excluding carboxylic acids is 16. The van der Waals surface area contributed by atoms with Gasteiger partial charge >= 0.3 is 103 Å². The number of aliphatic carboxylic acids is 4. The van der Waals surface area contributed by atoms with E-state index >= 15 is 0 Å². The van der Waals surface area contributed by atoms with Crippen LogP contribution in [0.15, 0.2) is 0 Å². The first kappa shape index (κ1) is 114. The third-order valence-electron chi connectivity index (χ3n) is 6.61. The molecule has 0 fully saturated rings. The van der Waals surface area contributed by atoms with Crippen molar-refractivity contribution >= 4 is 118 Å². The van der Waals surface area contributed by atoms with Gasteiger partial charge in [0.2, 0.25) is 14.7 Å². The molecule has 14 N–H and O–H groups in total. The molecular formula is C39H72O40P6. The van der Waals surface area contributed by atoms with Crippen molar-refractivity contribution in [2.45, 2.75) is 124 Å². The lowest BCUT2D eigenvalue weighted by Gasteiger charge is -2.09. The van der Waals surface area contributed by atoms with Crippen molar-refractivity contribution in [2.75, 3.05) is 49.3 Å². The zero-order valence-corrected chi connectivity index (χ0v) is 51.2. The largest absolute Gasteiger partial charge is 0.481 e. The summed E-state index contributed by atoms with van der Waals surface area (Å²) in [5.41, 5.74) is 0. The summed E-state index contributed by atoms with van der Waals surface area (Å²) in [6.07, 6.45) is 7.90. The van der Waals surface area contributed by atoms with E-state index in [1.807, 2.05) is 13.8 Å². The maximum absolute atomic E-state index is 11.3. The molecule has 2 atom stereocenters. The first-order valence-electron chi connectivity index (χ1n) is 22.3. The predicted octanol–water partition coefficient (Wildman–Crippen LogP) is 0.772. The third-order valence-corrected chi connectivity index (χ3v) is 14.4. The summed E-state index contributed by atoms with van der Waals surface area (Å²) in [4.78, 5) is 254. The minimum Gasteiger partial charge on any atom is -0.481 e. The van der Waals surface area contributed by atoms with Crippen molar-refractivity contribution in [1.82, 2.24) is 0 Å². The van der Waals surface area contributed by atoms with E-state index < -0.39 is 69.0 Å². The van der Waals surface area contributed by atoms with E-state index in [2.05, 4.69) is 0 Å². The molecule has 40 nitrogen and oxygen atoms in total. The number of carbonyl (C=O) groups is 4. The number of carboxylic acid groups (broad SMARTS) is 4. The third kappa shape index (κ3) is 268. The Bertz CT molecular complexity index is 2070. The Morgan fingerprint density at radius 3 is 0.600 bits per heavy atom. The highest BCUT2D eigenvalue weighted by Crippen LogP contribution is 2.43. The van der Waals surface area contributed by atoms with E-state index in [1.54, 1.807) is 6.92 Å². The van der Waals surface area contributed by atoms with Crippen molar-refractivity contribution in [3.05, 3.63) is 0 Å². The van der Waals surface area contributed by atoms with Crippen LogP contribution >= 0.6 is 45.1 Å². The lowest BCUT2D eigenvalue weighted by atomic mass is 10.2. The van der Waals surface area contributed by atoms with E-state index in [0.29, 0.717) is 57.5 Å². The molecule has 2 unspecified atom stereocenters. The van der Waals surface area contributed by atoms with Gasteiger partial charge in [-0.25, -0.2) is 0 Å². The normalized spacial score (nSPS) is 10.2. The average molecular weight is 1370 g/mol. The van der Waals surface area contributed by atoms with Gasteiger partial charge < -0.3 is 69.4 Å². The van der Waals surface area contributed by atoms with Crippen LogP contribution in [0.4, 0.5) is 0 Å². The Balaban J connectivity index is -0.0000000558. The molecule has 0 amide bonds. The predicted molar refractivity (Wildman–Crippen MR) is 269 cm³/mol. The zero-order chi connectivity index (χ0) is 71.2. The van der Waals surface area contributed by atoms with Gasteiger partial charge in [0, 0.05) is 68.6 Å². The summed E-state index contributed by atoms with van der Waals surface area (Å²) in [5, 5.41) is 33.1. The molecule has 0 radical (unpaired) electrons. The standard InChI is InChI=1S/C8H15O6P.C8H17O4P.C5H11O5P.C5H13O3P.C3H9O3P.C2H7O3P.8CO2/c9-7(10)3-1-2-5-15(13,14)6-4-8(11)12;1-2-6-13(11,12)7-4-3-5-8(9)10;6-5(7)3-1-2-4-11(8,9)10;1-2-3-4-5-9(6,7)8;1-2-3-7(4,5)6;1-2-6(3,4)5;8*2-1-3/h1-6H2,(H,9,10)(H,11,12)(H,13,14);2-7H2,1H3,(H,9,10)(H,11,12);1-4H2,(H,6,7)(H2,8,9,10);2-5H2,1H3,(H2,6,7,8);2-3H2,1H3,(H2,4,5,6);2H2,1H3,(H2,3,4,5);;;;;;;;. The molecule has 0 saturated carbocycles. The van der Waals surface area contributed by atoms with Crippen molar-refractivity contribution < 1.29 is 193 Å².